The number of nitrogens with one attached hydrogen (secondary N) is 1. The topological polar surface area (TPSA) is 61.9 Å². The lowest BCUT2D eigenvalue weighted by Gasteiger charge is -2.31. The Morgan fingerprint density at radius 3 is 2.24 bits per heavy atom. The zero-order valence-corrected chi connectivity index (χ0v) is 17.4. The molecule has 1 N–H and O–H groups in total. The van der Waals surface area contributed by atoms with Crippen LogP contribution in [0.15, 0.2) is 65.6 Å². The van der Waals surface area contributed by atoms with E-state index >= 15 is 0 Å². The van der Waals surface area contributed by atoms with Crippen LogP contribution in [0.1, 0.15) is 0 Å². The highest BCUT2D eigenvalue weighted by molar-refractivity contribution is 7.92. The standard InChI is InChI=1S/C22H25N3O3S/c1-24(29(26,27)18-9-7-17(28-2)8-10-18)21-11-12-22(25-15-13-23-14-16-25)20-6-4-3-5-19(20)21/h3-12,23H,13-16H2,1-2H3. The third-order valence-electron chi connectivity index (χ3n) is 5.39. The lowest BCUT2D eigenvalue weighted by atomic mass is 10.1. The lowest BCUT2D eigenvalue weighted by Crippen LogP contribution is -2.43. The predicted octanol–water partition coefficient (Wildman–Crippen LogP) is 3.08. The molecule has 1 saturated heterocycles. The molecule has 6 nitrogen and oxygen atoms in total. The highest BCUT2D eigenvalue weighted by atomic mass is 32.2. The first kappa shape index (κ1) is 19.5. The first-order valence-corrected chi connectivity index (χ1v) is 11.1. The summed E-state index contributed by atoms with van der Waals surface area (Å²) in [6.07, 6.45) is 0. The summed E-state index contributed by atoms with van der Waals surface area (Å²) in [5.74, 6) is 0.623. The van der Waals surface area contributed by atoms with Crippen molar-refractivity contribution in [3.63, 3.8) is 0 Å². The zero-order valence-electron chi connectivity index (χ0n) is 16.6. The van der Waals surface area contributed by atoms with Gasteiger partial charge < -0.3 is 15.0 Å². The Bertz CT molecular complexity index is 1110. The van der Waals surface area contributed by atoms with Crippen LogP contribution in [0.25, 0.3) is 10.8 Å². The van der Waals surface area contributed by atoms with Crippen molar-refractivity contribution in [2.45, 2.75) is 4.90 Å². The molecule has 0 unspecified atom stereocenters. The number of hydrogen-bond acceptors (Lipinski definition) is 5. The van der Waals surface area contributed by atoms with Crippen LogP contribution in [0.3, 0.4) is 0 Å². The van der Waals surface area contributed by atoms with Crippen LogP contribution in [-0.4, -0.2) is 48.8 Å². The van der Waals surface area contributed by atoms with Crippen LogP contribution in [0.2, 0.25) is 0 Å². The van der Waals surface area contributed by atoms with Gasteiger partial charge in [-0.25, -0.2) is 8.42 Å². The summed E-state index contributed by atoms with van der Waals surface area (Å²) in [5.41, 5.74) is 1.80. The normalized spacial score (nSPS) is 14.8. The second-order valence-electron chi connectivity index (χ2n) is 7.03. The lowest BCUT2D eigenvalue weighted by molar-refractivity contribution is 0.414. The number of sulfonamides is 1. The number of methoxy groups -OCH3 is 1. The van der Waals surface area contributed by atoms with Gasteiger partial charge in [0.2, 0.25) is 0 Å². The maximum atomic E-state index is 13.2. The van der Waals surface area contributed by atoms with Crippen molar-refractivity contribution < 1.29 is 13.2 Å². The van der Waals surface area contributed by atoms with Crippen LogP contribution >= 0.6 is 0 Å². The molecular weight excluding hydrogens is 386 g/mol. The number of ether oxygens (including phenoxy) is 1. The third-order valence-corrected chi connectivity index (χ3v) is 7.18. The second kappa shape index (κ2) is 7.93. The molecule has 0 spiro atoms. The Morgan fingerprint density at radius 1 is 0.931 bits per heavy atom. The maximum absolute atomic E-state index is 13.2. The maximum Gasteiger partial charge on any atom is 0.264 e. The Hall–Kier alpha value is -2.77. The molecule has 0 atom stereocenters. The Morgan fingerprint density at radius 2 is 1.59 bits per heavy atom. The molecule has 0 bridgehead atoms. The first-order chi connectivity index (χ1) is 14.0. The van der Waals surface area contributed by atoms with Gasteiger partial charge in [-0.2, -0.15) is 0 Å². The highest BCUT2D eigenvalue weighted by Gasteiger charge is 2.24. The van der Waals surface area contributed by atoms with E-state index in [-0.39, 0.29) is 4.90 Å². The van der Waals surface area contributed by atoms with Crippen molar-refractivity contribution in [2.24, 2.45) is 0 Å². The molecule has 1 fully saturated rings. The Balaban J connectivity index is 1.77. The van der Waals surface area contributed by atoms with Gasteiger partial charge in [-0.15, -0.1) is 0 Å². The van der Waals surface area contributed by atoms with E-state index in [4.69, 9.17) is 4.74 Å². The number of rotatable bonds is 5. The summed E-state index contributed by atoms with van der Waals surface area (Å²) in [5, 5.41) is 5.35. The average molecular weight is 412 g/mol. The van der Waals surface area contributed by atoms with Gasteiger partial charge in [-0.1, -0.05) is 24.3 Å². The largest absolute Gasteiger partial charge is 0.497 e. The second-order valence-corrected chi connectivity index (χ2v) is 9.00. The van der Waals surface area contributed by atoms with Crippen LogP contribution in [0.5, 0.6) is 5.75 Å². The monoisotopic (exact) mass is 411 g/mol. The predicted molar refractivity (Wildman–Crippen MR) is 118 cm³/mol. The van der Waals surface area contributed by atoms with Crippen LogP contribution < -0.4 is 19.3 Å². The van der Waals surface area contributed by atoms with Gasteiger partial charge in [0.1, 0.15) is 5.75 Å². The fraction of sp³-hybridized carbons (Fsp3) is 0.273. The Kier molecular flexibility index (Phi) is 5.34. The van der Waals surface area contributed by atoms with Crippen molar-refractivity contribution in [3.05, 3.63) is 60.7 Å². The van der Waals surface area contributed by atoms with E-state index in [1.807, 2.05) is 30.3 Å². The molecule has 0 amide bonds. The number of hydrogen-bond donors (Lipinski definition) is 1. The molecular formula is C22H25N3O3S. The van der Waals surface area contributed by atoms with Crippen molar-refractivity contribution in [1.29, 1.82) is 0 Å². The van der Waals surface area contributed by atoms with E-state index in [1.165, 1.54) is 4.31 Å². The van der Waals surface area contributed by atoms with Gasteiger partial charge in [0.15, 0.2) is 0 Å². The molecule has 4 rings (SSSR count). The quantitative estimate of drug-likeness (QED) is 0.699. The molecule has 0 aromatic heterocycles. The first-order valence-electron chi connectivity index (χ1n) is 9.63. The van der Waals surface area contributed by atoms with E-state index in [2.05, 4.69) is 16.3 Å². The fourth-order valence-electron chi connectivity index (χ4n) is 3.76. The van der Waals surface area contributed by atoms with Gasteiger partial charge in [0, 0.05) is 49.7 Å². The van der Waals surface area contributed by atoms with Crippen molar-refractivity contribution in [2.75, 3.05) is 49.5 Å². The number of piperazine rings is 1. The van der Waals surface area contributed by atoms with Crippen molar-refractivity contribution >= 4 is 32.2 Å². The number of benzene rings is 3. The van der Waals surface area contributed by atoms with Gasteiger partial charge in [0.25, 0.3) is 10.0 Å². The van der Waals surface area contributed by atoms with Crippen LogP contribution in [0.4, 0.5) is 11.4 Å². The van der Waals surface area contributed by atoms with E-state index in [0.29, 0.717) is 11.4 Å². The molecule has 7 heteroatoms. The summed E-state index contributed by atoms with van der Waals surface area (Å²) in [6, 6.07) is 18.4. The fourth-order valence-corrected chi connectivity index (χ4v) is 4.97. The van der Waals surface area contributed by atoms with Gasteiger partial charge in [-0.3, -0.25) is 4.31 Å². The highest BCUT2D eigenvalue weighted by Crippen LogP contribution is 2.36. The van der Waals surface area contributed by atoms with Crippen LogP contribution in [0, 0.1) is 0 Å². The number of nitrogens with zero attached hydrogens (tertiary/aromatic N) is 2. The van der Waals surface area contributed by atoms with E-state index < -0.39 is 10.0 Å². The number of anilines is 2. The average Bonchev–Trinajstić information content (AvgIpc) is 2.78. The van der Waals surface area contributed by atoms with Crippen LogP contribution in [-0.2, 0) is 10.0 Å². The minimum absolute atomic E-state index is 0.232. The molecule has 0 aliphatic carbocycles. The molecule has 1 aliphatic rings. The minimum Gasteiger partial charge on any atom is -0.497 e. The molecule has 3 aromatic rings. The molecule has 29 heavy (non-hydrogen) atoms. The summed E-state index contributed by atoms with van der Waals surface area (Å²) < 4.78 is 33.0. The van der Waals surface area contributed by atoms with E-state index in [9.17, 15) is 8.42 Å². The summed E-state index contributed by atoms with van der Waals surface area (Å²) in [6.45, 7) is 3.76. The summed E-state index contributed by atoms with van der Waals surface area (Å²) in [4.78, 5) is 2.58. The molecule has 0 saturated carbocycles. The zero-order chi connectivity index (χ0) is 20.4. The van der Waals surface area contributed by atoms with E-state index in [0.717, 1.165) is 42.6 Å². The van der Waals surface area contributed by atoms with Gasteiger partial charge in [0.05, 0.1) is 17.7 Å². The molecule has 152 valence electrons. The van der Waals surface area contributed by atoms with Gasteiger partial charge >= 0.3 is 0 Å². The minimum atomic E-state index is -3.69. The summed E-state index contributed by atoms with van der Waals surface area (Å²) >= 11 is 0. The number of fused-ring (bicyclic) bond motifs is 1. The Labute approximate surface area is 171 Å². The molecule has 3 aromatic carbocycles. The van der Waals surface area contributed by atoms with Crippen molar-refractivity contribution in [3.8, 4) is 5.75 Å². The smallest absolute Gasteiger partial charge is 0.264 e. The molecule has 1 heterocycles. The molecule has 0 radical (unpaired) electrons. The van der Waals surface area contributed by atoms with Crippen molar-refractivity contribution in [1.82, 2.24) is 5.32 Å². The van der Waals surface area contributed by atoms with E-state index in [1.54, 1.807) is 38.4 Å². The summed E-state index contributed by atoms with van der Waals surface area (Å²) in [7, 11) is -0.532. The third kappa shape index (κ3) is 3.63. The molecule has 1 aliphatic heterocycles. The SMILES string of the molecule is COc1ccc(S(=O)(=O)N(C)c2ccc(N3CCNCC3)c3ccccc23)cc1. The van der Waals surface area contributed by atoms with Gasteiger partial charge in [-0.05, 0) is 36.4 Å².